The van der Waals surface area contributed by atoms with Gasteiger partial charge in [0.1, 0.15) is 5.82 Å². The Labute approximate surface area is 167 Å². The minimum absolute atomic E-state index is 0.242. The van der Waals surface area contributed by atoms with Crippen LogP contribution in [0.15, 0.2) is 42.7 Å². The van der Waals surface area contributed by atoms with Crippen LogP contribution >= 0.6 is 23.8 Å². The van der Waals surface area contributed by atoms with Gasteiger partial charge in [0.05, 0.1) is 17.3 Å². The maximum atomic E-state index is 13.7. The first kappa shape index (κ1) is 19.3. The van der Waals surface area contributed by atoms with Gasteiger partial charge in [0.15, 0.2) is 10.9 Å². The smallest absolute Gasteiger partial charge is 0.171 e. The molecule has 9 heteroatoms. The van der Waals surface area contributed by atoms with Crippen LogP contribution in [0.1, 0.15) is 17.7 Å². The first-order valence-corrected chi connectivity index (χ1v) is 9.31. The van der Waals surface area contributed by atoms with Gasteiger partial charge in [0.2, 0.25) is 0 Å². The highest BCUT2D eigenvalue weighted by Crippen LogP contribution is 2.12. The molecule has 142 valence electrons. The average molecular weight is 407 g/mol. The van der Waals surface area contributed by atoms with Crippen molar-refractivity contribution in [3.05, 3.63) is 64.8 Å². The van der Waals surface area contributed by atoms with Crippen LogP contribution in [0.2, 0.25) is 5.02 Å². The zero-order valence-corrected chi connectivity index (χ0v) is 16.4. The second-order valence-electron chi connectivity index (χ2n) is 6.05. The number of aryl methyl sites for hydroxylation is 2. The summed E-state index contributed by atoms with van der Waals surface area (Å²) in [4.78, 5) is 0. The number of rotatable bonds is 7. The molecule has 0 saturated heterocycles. The topological polar surface area (TPSA) is 59.7 Å². The molecular formula is C18H20ClFN6S. The van der Waals surface area contributed by atoms with E-state index in [1.165, 1.54) is 6.07 Å². The highest BCUT2D eigenvalue weighted by atomic mass is 35.5. The number of halogens is 2. The quantitative estimate of drug-likeness (QED) is 0.463. The molecule has 0 atom stereocenters. The molecule has 0 aliphatic rings. The Morgan fingerprint density at radius 1 is 1.22 bits per heavy atom. The van der Waals surface area contributed by atoms with Gasteiger partial charge < -0.3 is 10.6 Å². The Morgan fingerprint density at radius 2 is 2.04 bits per heavy atom. The minimum Gasteiger partial charge on any atom is -0.362 e. The molecule has 27 heavy (non-hydrogen) atoms. The molecule has 0 spiro atoms. The molecule has 0 aliphatic heterocycles. The predicted octanol–water partition coefficient (Wildman–Crippen LogP) is 3.61. The monoisotopic (exact) mass is 406 g/mol. The first-order valence-electron chi connectivity index (χ1n) is 8.52. The molecule has 0 saturated carbocycles. The van der Waals surface area contributed by atoms with Crippen molar-refractivity contribution in [1.82, 2.24) is 24.9 Å². The summed E-state index contributed by atoms with van der Waals surface area (Å²) >= 11 is 11.3. The minimum atomic E-state index is -0.242. The number of anilines is 1. The second kappa shape index (κ2) is 8.96. The molecule has 0 fully saturated rings. The lowest BCUT2D eigenvalue weighted by Gasteiger charge is -2.08. The molecule has 2 heterocycles. The molecule has 2 N–H and O–H groups in total. The maximum Gasteiger partial charge on any atom is 0.171 e. The van der Waals surface area contributed by atoms with Crippen LogP contribution in [-0.4, -0.2) is 31.2 Å². The number of nitrogens with zero attached hydrogens (tertiary/aromatic N) is 4. The maximum absolute atomic E-state index is 13.7. The van der Waals surface area contributed by atoms with Crippen molar-refractivity contribution in [2.75, 3.05) is 11.9 Å². The van der Waals surface area contributed by atoms with E-state index in [4.69, 9.17) is 23.8 Å². The van der Waals surface area contributed by atoms with E-state index in [1.807, 2.05) is 17.8 Å². The summed E-state index contributed by atoms with van der Waals surface area (Å²) in [7, 11) is 0. The molecule has 0 aliphatic carbocycles. The van der Waals surface area contributed by atoms with Crippen LogP contribution in [0, 0.1) is 12.7 Å². The van der Waals surface area contributed by atoms with Crippen molar-refractivity contribution in [2.45, 2.75) is 26.4 Å². The van der Waals surface area contributed by atoms with Crippen molar-refractivity contribution in [3.63, 3.8) is 0 Å². The largest absolute Gasteiger partial charge is 0.362 e. The van der Waals surface area contributed by atoms with Crippen LogP contribution in [0.25, 0.3) is 0 Å². The van der Waals surface area contributed by atoms with Gasteiger partial charge >= 0.3 is 0 Å². The van der Waals surface area contributed by atoms with E-state index in [1.54, 1.807) is 35.1 Å². The van der Waals surface area contributed by atoms with E-state index in [9.17, 15) is 4.39 Å². The fraction of sp³-hybridized carbons (Fsp3) is 0.278. The molecule has 1 aromatic carbocycles. The molecule has 0 radical (unpaired) electrons. The van der Waals surface area contributed by atoms with Crippen LogP contribution in [-0.2, 0) is 13.1 Å². The second-order valence-corrected chi connectivity index (χ2v) is 6.87. The summed E-state index contributed by atoms with van der Waals surface area (Å²) in [6.45, 7) is 3.68. The van der Waals surface area contributed by atoms with E-state index in [2.05, 4.69) is 20.8 Å². The van der Waals surface area contributed by atoms with Gasteiger partial charge in [0.25, 0.3) is 0 Å². The van der Waals surface area contributed by atoms with Crippen molar-refractivity contribution < 1.29 is 4.39 Å². The zero-order chi connectivity index (χ0) is 19.2. The van der Waals surface area contributed by atoms with Gasteiger partial charge in [-0.25, -0.2) is 4.39 Å². The normalized spacial score (nSPS) is 10.8. The summed E-state index contributed by atoms with van der Waals surface area (Å²) in [6.07, 6.45) is 4.44. The van der Waals surface area contributed by atoms with E-state index < -0.39 is 0 Å². The summed E-state index contributed by atoms with van der Waals surface area (Å²) < 4.78 is 17.2. The van der Waals surface area contributed by atoms with E-state index in [0.717, 1.165) is 18.7 Å². The third-order valence-corrected chi connectivity index (χ3v) is 4.53. The molecular weight excluding hydrogens is 387 g/mol. The summed E-state index contributed by atoms with van der Waals surface area (Å²) in [5, 5.41) is 16.0. The molecule has 3 aromatic rings. The number of hydrogen-bond donors (Lipinski definition) is 2. The zero-order valence-electron chi connectivity index (χ0n) is 14.8. The molecule has 0 bridgehead atoms. The molecule has 3 rings (SSSR count). The Balaban J connectivity index is 1.42. The number of hydrogen-bond acceptors (Lipinski definition) is 3. The van der Waals surface area contributed by atoms with E-state index >= 15 is 0 Å². The van der Waals surface area contributed by atoms with Crippen molar-refractivity contribution in [2.24, 2.45) is 0 Å². The average Bonchev–Trinajstić information content (AvgIpc) is 3.20. The standard InChI is InChI=1S/C18H20ClFN6S/c1-13-15(19)12-25(23-13)9-4-8-21-18(27)22-17-7-10-26(24-17)11-14-5-2-3-6-16(14)20/h2-3,5-7,10,12H,4,8-9,11H2,1H3,(H2,21,22,24,27). The van der Waals surface area contributed by atoms with Crippen molar-refractivity contribution >= 4 is 34.7 Å². The number of thiocarbonyl (C=S) groups is 1. The van der Waals surface area contributed by atoms with Crippen LogP contribution in [0.5, 0.6) is 0 Å². The lowest BCUT2D eigenvalue weighted by molar-refractivity contribution is 0.570. The number of nitrogens with one attached hydrogen (secondary N) is 2. The molecule has 0 unspecified atom stereocenters. The Bertz CT molecular complexity index is 903. The van der Waals surface area contributed by atoms with E-state index in [0.29, 0.717) is 34.6 Å². The van der Waals surface area contributed by atoms with Crippen molar-refractivity contribution in [3.8, 4) is 0 Å². The Morgan fingerprint density at radius 3 is 2.78 bits per heavy atom. The van der Waals surface area contributed by atoms with Gasteiger partial charge in [-0.15, -0.1) is 0 Å². The van der Waals surface area contributed by atoms with Crippen LogP contribution in [0.3, 0.4) is 0 Å². The summed E-state index contributed by atoms with van der Waals surface area (Å²) in [5.74, 6) is 0.367. The van der Waals surface area contributed by atoms with Gasteiger partial charge in [-0.3, -0.25) is 9.36 Å². The molecule has 6 nitrogen and oxygen atoms in total. The van der Waals surface area contributed by atoms with E-state index in [-0.39, 0.29) is 5.82 Å². The summed E-state index contributed by atoms with van der Waals surface area (Å²) in [5.41, 5.74) is 1.41. The Kier molecular flexibility index (Phi) is 6.41. The van der Waals surface area contributed by atoms with Crippen molar-refractivity contribution in [1.29, 1.82) is 0 Å². The van der Waals surface area contributed by atoms with Crippen LogP contribution < -0.4 is 10.6 Å². The third kappa shape index (κ3) is 5.51. The third-order valence-electron chi connectivity index (χ3n) is 3.91. The fourth-order valence-corrected chi connectivity index (χ4v) is 2.89. The lowest BCUT2D eigenvalue weighted by atomic mass is 10.2. The SMILES string of the molecule is Cc1nn(CCCNC(=S)Nc2ccn(Cc3ccccc3F)n2)cc1Cl. The number of benzene rings is 1. The van der Waals surface area contributed by atoms with Gasteiger partial charge in [0, 0.05) is 37.1 Å². The molecule has 2 aromatic heterocycles. The summed E-state index contributed by atoms with van der Waals surface area (Å²) in [6, 6.07) is 8.45. The van der Waals surface area contributed by atoms with Crippen LogP contribution in [0.4, 0.5) is 10.2 Å². The van der Waals surface area contributed by atoms with Gasteiger partial charge in [-0.2, -0.15) is 10.2 Å². The first-order chi connectivity index (χ1) is 13.0. The van der Waals surface area contributed by atoms with Gasteiger partial charge in [-0.05, 0) is 31.6 Å². The highest BCUT2D eigenvalue weighted by molar-refractivity contribution is 7.80. The lowest BCUT2D eigenvalue weighted by Crippen LogP contribution is -2.30. The predicted molar refractivity (Wildman–Crippen MR) is 109 cm³/mol. The fourth-order valence-electron chi connectivity index (χ4n) is 2.53. The Hall–Kier alpha value is -2.45. The van der Waals surface area contributed by atoms with Gasteiger partial charge in [-0.1, -0.05) is 29.8 Å². The number of aromatic nitrogens is 4. The highest BCUT2D eigenvalue weighted by Gasteiger charge is 2.05. The molecule has 0 amide bonds.